The Kier molecular flexibility index (Phi) is 5.68. The van der Waals surface area contributed by atoms with Crippen LogP contribution in [0, 0.1) is 7.14 Å². The summed E-state index contributed by atoms with van der Waals surface area (Å²) in [6.07, 6.45) is 1.57. The number of ether oxygens (including phenoxy) is 1. The van der Waals surface area contributed by atoms with Crippen LogP contribution in [0.3, 0.4) is 0 Å². The smallest absolute Gasteiger partial charge is 0.282 e. The number of carbonyl (C=O) groups excluding carboxylic acids is 2. The average Bonchev–Trinajstić information content (AvgIpc) is 2.83. The standard InChI is InChI=1S/C17H11BrI2N2O3/c1-25-15-9(6-11(19)8-14(15)20)7-13-16(23)21-22(17(13)24)12-4-2-10(18)3-5-12/h2-8H,1H3,(H,21,23)/b13-7+. The first-order valence-electron chi connectivity index (χ1n) is 7.06. The first-order chi connectivity index (χ1) is 11.9. The van der Waals surface area contributed by atoms with Gasteiger partial charge in [-0.3, -0.25) is 15.0 Å². The lowest BCUT2D eigenvalue weighted by molar-refractivity contribution is -0.117. The minimum atomic E-state index is -0.441. The van der Waals surface area contributed by atoms with E-state index in [0.717, 1.165) is 11.6 Å². The molecule has 5 nitrogen and oxygen atoms in total. The minimum absolute atomic E-state index is 0.0685. The molecule has 2 amide bonds. The minimum Gasteiger partial charge on any atom is -0.495 e. The quantitative estimate of drug-likeness (QED) is 0.318. The number of hydrazine groups is 1. The van der Waals surface area contributed by atoms with Crippen molar-refractivity contribution in [2.75, 3.05) is 12.1 Å². The van der Waals surface area contributed by atoms with E-state index in [1.807, 2.05) is 12.1 Å². The number of methoxy groups -OCH3 is 1. The van der Waals surface area contributed by atoms with Crippen molar-refractivity contribution in [3.63, 3.8) is 0 Å². The van der Waals surface area contributed by atoms with Gasteiger partial charge in [-0.05, 0) is 87.7 Å². The van der Waals surface area contributed by atoms with Crippen LogP contribution >= 0.6 is 61.1 Å². The highest BCUT2D eigenvalue weighted by atomic mass is 127. The lowest BCUT2D eigenvalue weighted by atomic mass is 10.1. The number of benzene rings is 2. The van der Waals surface area contributed by atoms with Gasteiger partial charge in [-0.25, -0.2) is 5.01 Å². The third kappa shape index (κ3) is 3.85. The van der Waals surface area contributed by atoms with E-state index in [4.69, 9.17) is 4.74 Å². The van der Waals surface area contributed by atoms with Gasteiger partial charge in [0.25, 0.3) is 11.8 Å². The highest BCUT2D eigenvalue weighted by Gasteiger charge is 2.34. The molecule has 1 heterocycles. The van der Waals surface area contributed by atoms with Crippen molar-refractivity contribution in [2.24, 2.45) is 0 Å². The highest BCUT2D eigenvalue weighted by Crippen LogP contribution is 2.31. The summed E-state index contributed by atoms with van der Waals surface area (Å²) in [5.74, 6) is -0.205. The molecule has 1 N–H and O–H groups in total. The van der Waals surface area contributed by atoms with Crippen LogP contribution in [0.4, 0.5) is 5.69 Å². The van der Waals surface area contributed by atoms with Gasteiger partial charge < -0.3 is 4.74 Å². The molecule has 25 heavy (non-hydrogen) atoms. The number of hydrogen-bond donors (Lipinski definition) is 1. The van der Waals surface area contributed by atoms with Gasteiger partial charge in [-0.15, -0.1) is 0 Å². The number of nitrogens with one attached hydrogen (secondary N) is 1. The van der Waals surface area contributed by atoms with E-state index >= 15 is 0 Å². The average molecular weight is 625 g/mol. The molecule has 8 heteroatoms. The third-order valence-corrected chi connectivity index (χ3v) is 5.47. The van der Waals surface area contributed by atoms with Crippen molar-refractivity contribution >= 4 is 84.7 Å². The second-order valence-corrected chi connectivity index (χ2v) is 8.45. The van der Waals surface area contributed by atoms with Crippen molar-refractivity contribution < 1.29 is 14.3 Å². The van der Waals surface area contributed by atoms with Gasteiger partial charge in [-0.1, -0.05) is 15.9 Å². The van der Waals surface area contributed by atoms with Gasteiger partial charge >= 0.3 is 0 Å². The Hall–Kier alpha value is -1.14. The van der Waals surface area contributed by atoms with Crippen molar-refractivity contribution in [1.29, 1.82) is 0 Å². The molecule has 1 saturated heterocycles. The van der Waals surface area contributed by atoms with Crippen LogP contribution in [0.5, 0.6) is 5.75 Å². The summed E-state index contributed by atoms with van der Waals surface area (Å²) in [7, 11) is 1.57. The van der Waals surface area contributed by atoms with E-state index in [9.17, 15) is 9.59 Å². The maximum absolute atomic E-state index is 12.7. The largest absolute Gasteiger partial charge is 0.495 e. The maximum atomic E-state index is 12.7. The molecule has 0 atom stereocenters. The van der Waals surface area contributed by atoms with Crippen molar-refractivity contribution in [2.45, 2.75) is 0 Å². The molecule has 2 aromatic carbocycles. The second kappa shape index (κ2) is 7.62. The number of halogens is 3. The Morgan fingerprint density at radius 1 is 1.16 bits per heavy atom. The Bertz CT molecular complexity index is 898. The van der Waals surface area contributed by atoms with Crippen LogP contribution < -0.4 is 15.2 Å². The van der Waals surface area contributed by atoms with Crippen LogP contribution in [-0.4, -0.2) is 18.9 Å². The highest BCUT2D eigenvalue weighted by molar-refractivity contribution is 14.1. The van der Waals surface area contributed by atoms with Crippen LogP contribution in [0.2, 0.25) is 0 Å². The zero-order chi connectivity index (χ0) is 18.1. The molecule has 2 aromatic rings. The van der Waals surface area contributed by atoms with Crippen molar-refractivity contribution in [3.05, 3.63) is 59.1 Å². The number of amides is 2. The molecule has 0 spiro atoms. The summed E-state index contributed by atoms with van der Waals surface area (Å²) in [6.45, 7) is 0. The monoisotopic (exact) mass is 624 g/mol. The maximum Gasteiger partial charge on any atom is 0.282 e. The fourth-order valence-corrected chi connectivity index (χ4v) is 4.76. The number of carbonyl (C=O) groups is 2. The van der Waals surface area contributed by atoms with Crippen LogP contribution in [-0.2, 0) is 9.59 Å². The van der Waals surface area contributed by atoms with Gasteiger partial charge in [0.05, 0.1) is 16.4 Å². The normalized spacial score (nSPS) is 15.7. The van der Waals surface area contributed by atoms with Crippen LogP contribution in [0.1, 0.15) is 5.56 Å². The second-order valence-electron chi connectivity index (χ2n) is 5.13. The molecule has 0 saturated carbocycles. The molecule has 1 aliphatic rings. The Morgan fingerprint density at radius 2 is 1.84 bits per heavy atom. The number of nitrogens with zero attached hydrogens (tertiary/aromatic N) is 1. The van der Waals surface area contributed by atoms with E-state index in [2.05, 4.69) is 66.5 Å². The molecule has 3 rings (SSSR count). The lowest BCUT2D eigenvalue weighted by Crippen LogP contribution is -2.35. The van der Waals surface area contributed by atoms with Gasteiger partial charge in [0.1, 0.15) is 11.3 Å². The molecule has 0 radical (unpaired) electrons. The number of hydrogen-bond acceptors (Lipinski definition) is 3. The summed E-state index contributed by atoms with van der Waals surface area (Å²) in [5.41, 5.74) is 3.94. The summed E-state index contributed by atoms with van der Waals surface area (Å²) < 4.78 is 8.21. The fraction of sp³-hybridized carbons (Fsp3) is 0.0588. The molecular formula is C17H11BrI2N2O3. The fourth-order valence-electron chi connectivity index (χ4n) is 2.39. The number of rotatable bonds is 3. The van der Waals surface area contributed by atoms with Crippen LogP contribution in [0.25, 0.3) is 6.08 Å². The van der Waals surface area contributed by atoms with E-state index in [-0.39, 0.29) is 5.57 Å². The SMILES string of the molecule is COc1c(I)cc(I)cc1/C=C1\C(=O)NN(c2ccc(Br)cc2)C1=O. The summed E-state index contributed by atoms with van der Waals surface area (Å²) in [6, 6.07) is 11.0. The van der Waals surface area contributed by atoms with E-state index in [0.29, 0.717) is 17.0 Å². The van der Waals surface area contributed by atoms with E-state index < -0.39 is 11.8 Å². The van der Waals surface area contributed by atoms with Gasteiger partial charge in [0.15, 0.2) is 0 Å². The molecule has 0 bridgehead atoms. The molecule has 128 valence electrons. The first kappa shape index (κ1) is 18.6. The summed E-state index contributed by atoms with van der Waals surface area (Å²) in [5, 5.41) is 1.24. The topological polar surface area (TPSA) is 58.6 Å². The Labute approximate surface area is 180 Å². The first-order valence-corrected chi connectivity index (χ1v) is 10.0. The van der Waals surface area contributed by atoms with Crippen molar-refractivity contribution in [3.8, 4) is 5.75 Å². The molecular weight excluding hydrogens is 614 g/mol. The lowest BCUT2D eigenvalue weighted by Gasteiger charge is -2.14. The molecule has 1 fully saturated rings. The zero-order valence-electron chi connectivity index (χ0n) is 12.8. The summed E-state index contributed by atoms with van der Waals surface area (Å²) in [4.78, 5) is 25.0. The predicted molar refractivity (Wildman–Crippen MR) is 116 cm³/mol. The predicted octanol–water partition coefficient (Wildman–Crippen LogP) is 4.13. The molecule has 0 aromatic heterocycles. The van der Waals surface area contributed by atoms with E-state index in [1.54, 1.807) is 37.5 Å². The number of anilines is 1. The zero-order valence-corrected chi connectivity index (χ0v) is 18.7. The van der Waals surface area contributed by atoms with Gasteiger partial charge in [0, 0.05) is 13.6 Å². The third-order valence-electron chi connectivity index (χ3n) is 3.52. The van der Waals surface area contributed by atoms with E-state index in [1.165, 1.54) is 5.01 Å². The van der Waals surface area contributed by atoms with Gasteiger partial charge in [0.2, 0.25) is 0 Å². The molecule has 1 aliphatic heterocycles. The van der Waals surface area contributed by atoms with Gasteiger partial charge in [-0.2, -0.15) is 0 Å². The molecule has 0 aliphatic carbocycles. The molecule has 0 unspecified atom stereocenters. The Morgan fingerprint density at radius 3 is 2.48 bits per heavy atom. The Balaban J connectivity index is 2.01. The van der Waals surface area contributed by atoms with Crippen molar-refractivity contribution in [1.82, 2.24) is 5.43 Å². The van der Waals surface area contributed by atoms with Crippen LogP contribution in [0.15, 0.2) is 46.4 Å². The summed E-state index contributed by atoms with van der Waals surface area (Å²) >= 11 is 7.70.